The third-order valence-electron chi connectivity index (χ3n) is 2.19. The van der Waals surface area contributed by atoms with E-state index in [-0.39, 0.29) is 0 Å². The summed E-state index contributed by atoms with van der Waals surface area (Å²) in [7, 11) is 0. The van der Waals surface area contributed by atoms with Gasteiger partial charge in [-0.1, -0.05) is 0 Å². The van der Waals surface area contributed by atoms with Gasteiger partial charge < -0.3 is 16.0 Å². The van der Waals surface area contributed by atoms with Crippen LogP contribution in [0, 0.1) is 0 Å². The molecule has 0 saturated heterocycles. The number of H-pyrrole nitrogens is 1. The van der Waals surface area contributed by atoms with E-state index in [2.05, 4.69) is 15.3 Å². The number of nitrogens with two attached hydrogens (primary N) is 1. The number of aromatic nitrogens is 2. The second-order valence-electron chi connectivity index (χ2n) is 3.30. The van der Waals surface area contributed by atoms with Crippen molar-refractivity contribution in [2.45, 2.75) is 13.0 Å². The molecule has 4 nitrogen and oxygen atoms in total. The Morgan fingerprint density at radius 2 is 2.47 bits per heavy atom. The number of rotatable bonds is 5. The molecule has 4 N–H and O–H groups in total. The van der Waals surface area contributed by atoms with Crippen LogP contribution in [0.5, 0.6) is 0 Å². The van der Waals surface area contributed by atoms with Gasteiger partial charge in [-0.15, -0.1) is 11.3 Å². The highest BCUT2D eigenvalue weighted by Crippen LogP contribution is 2.17. The lowest BCUT2D eigenvalue weighted by molar-refractivity contribution is 0.688. The maximum absolute atomic E-state index is 5.77. The Balaban J connectivity index is 1.70. The minimum absolute atomic E-state index is 0.845. The number of anilines is 1. The minimum atomic E-state index is 0.845. The third kappa shape index (κ3) is 2.81. The van der Waals surface area contributed by atoms with Crippen molar-refractivity contribution >= 4 is 17.0 Å². The fraction of sp³-hybridized carbons (Fsp3) is 0.300. The first kappa shape index (κ1) is 10.2. The number of imidazole rings is 1. The molecule has 2 aromatic heterocycles. The van der Waals surface area contributed by atoms with Crippen molar-refractivity contribution in [1.29, 1.82) is 0 Å². The van der Waals surface area contributed by atoms with Crippen LogP contribution in [0.25, 0.3) is 0 Å². The van der Waals surface area contributed by atoms with Crippen molar-refractivity contribution in [2.75, 3.05) is 12.3 Å². The van der Waals surface area contributed by atoms with Crippen LogP contribution >= 0.6 is 11.3 Å². The molecule has 0 spiro atoms. The van der Waals surface area contributed by atoms with E-state index in [0.29, 0.717) is 0 Å². The van der Waals surface area contributed by atoms with Crippen LogP contribution in [0.3, 0.4) is 0 Å². The minimum Gasteiger partial charge on any atom is -0.398 e. The predicted molar refractivity (Wildman–Crippen MR) is 62.7 cm³/mol. The Morgan fingerprint density at radius 3 is 3.13 bits per heavy atom. The number of nitrogen functional groups attached to an aromatic ring is 1. The van der Waals surface area contributed by atoms with E-state index in [0.717, 1.165) is 30.9 Å². The highest BCUT2D eigenvalue weighted by Gasteiger charge is 1.99. The van der Waals surface area contributed by atoms with Crippen LogP contribution in [-0.4, -0.2) is 16.5 Å². The first-order chi connectivity index (χ1) is 7.36. The van der Waals surface area contributed by atoms with Gasteiger partial charge in [0.05, 0.1) is 6.33 Å². The summed E-state index contributed by atoms with van der Waals surface area (Å²) in [5.41, 5.74) is 7.81. The zero-order chi connectivity index (χ0) is 10.5. The van der Waals surface area contributed by atoms with Gasteiger partial charge >= 0.3 is 0 Å². The Kier molecular flexibility index (Phi) is 3.37. The molecule has 15 heavy (non-hydrogen) atoms. The molecule has 0 aromatic carbocycles. The van der Waals surface area contributed by atoms with Crippen LogP contribution in [0.2, 0.25) is 0 Å². The summed E-state index contributed by atoms with van der Waals surface area (Å²) in [4.78, 5) is 8.24. The van der Waals surface area contributed by atoms with Gasteiger partial charge in [0.1, 0.15) is 0 Å². The zero-order valence-corrected chi connectivity index (χ0v) is 9.18. The molecule has 2 heterocycles. The lowest BCUT2D eigenvalue weighted by Crippen LogP contribution is -2.16. The van der Waals surface area contributed by atoms with Gasteiger partial charge in [-0.3, -0.25) is 0 Å². The summed E-state index contributed by atoms with van der Waals surface area (Å²) < 4.78 is 0. The Bertz CT molecular complexity index is 393. The van der Waals surface area contributed by atoms with Gasteiger partial charge in [-0.25, -0.2) is 4.98 Å². The van der Waals surface area contributed by atoms with Crippen molar-refractivity contribution < 1.29 is 0 Å². The number of aromatic amines is 1. The molecule has 0 atom stereocenters. The highest BCUT2D eigenvalue weighted by atomic mass is 32.1. The Morgan fingerprint density at radius 1 is 1.53 bits per heavy atom. The molecule has 0 unspecified atom stereocenters. The molecule has 0 bridgehead atoms. The molecule has 0 aliphatic heterocycles. The average molecular weight is 222 g/mol. The first-order valence-corrected chi connectivity index (χ1v) is 5.74. The number of thiophene rings is 1. The van der Waals surface area contributed by atoms with E-state index in [1.54, 1.807) is 17.7 Å². The van der Waals surface area contributed by atoms with Gasteiger partial charge in [0.15, 0.2) is 0 Å². The number of hydrogen-bond acceptors (Lipinski definition) is 4. The lowest BCUT2D eigenvalue weighted by Gasteiger charge is -2.02. The van der Waals surface area contributed by atoms with Gasteiger partial charge in [-0.2, -0.15) is 0 Å². The maximum Gasteiger partial charge on any atom is 0.0921 e. The van der Waals surface area contributed by atoms with E-state index in [9.17, 15) is 0 Å². The molecular formula is C10H14N4S. The molecule has 80 valence electrons. The van der Waals surface area contributed by atoms with E-state index < -0.39 is 0 Å². The van der Waals surface area contributed by atoms with Crippen LogP contribution in [0.1, 0.15) is 10.6 Å². The molecule has 0 saturated carbocycles. The van der Waals surface area contributed by atoms with E-state index in [1.165, 1.54) is 4.88 Å². The molecule has 2 aromatic rings. The highest BCUT2D eigenvalue weighted by molar-refractivity contribution is 7.10. The molecule has 5 heteroatoms. The van der Waals surface area contributed by atoms with E-state index in [1.807, 2.05) is 17.6 Å². The Hall–Kier alpha value is -1.33. The molecular weight excluding hydrogens is 208 g/mol. The summed E-state index contributed by atoms with van der Waals surface area (Å²) in [6.07, 6.45) is 4.51. The summed E-state index contributed by atoms with van der Waals surface area (Å²) >= 11 is 1.69. The maximum atomic E-state index is 5.77. The van der Waals surface area contributed by atoms with Crippen LogP contribution in [0.4, 0.5) is 5.69 Å². The second kappa shape index (κ2) is 4.95. The number of nitrogens with zero attached hydrogens (tertiary/aromatic N) is 1. The first-order valence-electron chi connectivity index (χ1n) is 4.86. The predicted octanol–water partition coefficient (Wildman–Crippen LogP) is 1.39. The molecule has 0 amide bonds. The molecule has 2 rings (SSSR count). The van der Waals surface area contributed by atoms with E-state index in [4.69, 9.17) is 5.73 Å². The van der Waals surface area contributed by atoms with Gasteiger partial charge in [0, 0.05) is 42.0 Å². The molecule has 0 fully saturated rings. The van der Waals surface area contributed by atoms with Crippen molar-refractivity contribution in [3.05, 3.63) is 34.5 Å². The van der Waals surface area contributed by atoms with Crippen molar-refractivity contribution in [2.24, 2.45) is 0 Å². The summed E-state index contributed by atoms with van der Waals surface area (Å²) in [5, 5.41) is 5.36. The normalized spacial score (nSPS) is 10.7. The monoisotopic (exact) mass is 222 g/mol. The topological polar surface area (TPSA) is 66.7 Å². The molecule has 0 aliphatic carbocycles. The fourth-order valence-electron chi connectivity index (χ4n) is 1.34. The second-order valence-corrected chi connectivity index (χ2v) is 4.30. The summed E-state index contributed by atoms with van der Waals surface area (Å²) in [5.74, 6) is 0. The van der Waals surface area contributed by atoms with E-state index >= 15 is 0 Å². The molecule has 0 radical (unpaired) electrons. The SMILES string of the molecule is Nc1ccsc1CNCCc1cnc[nH]1. The van der Waals surface area contributed by atoms with Crippen LogP contribution in [-0.2, 0) is 13.0 Å². The molecule has 0 aliphatic rings. The van der Waals surface area contributed by atoms with Crippen LogP contribution in [0.15, 0.2) is 24.0 Å². The van der Waals surface area contributed by atoms with Gasteiger partial charge in [0.25, 0.3) is 0 Å². The average Bonchev–Trinajstić information content (AvgIpc) is 2.85. The quantitative estimate of drug-likeness (QED) is 0.670. The fourth-order valence-corrected chi connectivity index (χ4v) is 2.11. The zero-order valence-electron chi connectivity index (χ0n) is 8.36. The number of hydrogen-bond donors (Lipinski definition) is 3. The summed E-state index contributed by atoms with van der Waals surface area (Å²) in [6.45, 7) is 1.77. The van der Waals surface area contributed by atoms with Crippen molar-refractivity contribution in [1.82, 2.24) is 15.3 Å². The van der Waals surface area contributed by atoms with Crippen molar-refractivity contribution in [3.8, 4) is 0 Å². The Labute approximate surface area is 92.5 Å². The third-order valence-corrected chi connectivity index (χ3v) is 3.13. The van der Waals surface area contributed by atoms with Crippen molar-refractivity contribution in [3.63, 3.8) is 0 Å². The van der Waals surface area contributed by atoms with Gasteiger partial charge in [-0.05, 0) is 11.4 Å². The van der Waals surface area contributed by atoms with Crippen LogP contribution < -0.4 is 11.1 Å². The lowest BCUT2D eigenvalue weighted by atomic mass is 10.3. The number of nitrogens with one attached hydrogen (secondary N) is 2. The standard InChI is InChI=1S/C10H14N4S/c11-9-2-4-15-10(9)6-12-3-1-8-5-13-7-14-8/h2,4-5,7,12H,1,3,6,11H2,(H,13,14). The smallest absolute Gasteiger partial charge is 0.0921 e. The largest absolute Gasteiger partial charge is 0.398 e. The summed E-state index contributed by atoms with van der Waals surface area (Å²) in [6, 6.07) is 1.94. The van der Waals surface area contributed by atoms with Gasteiger partial charge in [0.2, 0.25) is 0 Å².